The van der Waals surface area contributed by atoms with Gasteiger partial charge in [-0.15, -0.1) is 13.8 Å². The Bertz CT molecular complexity index is 2470. The number of phenols is 1. The highest BCUT2D eigenvalue weighted by molar-refractivity contribution is 7.94. The number of fused-ring (bicyclic) bond motifs is 1. The van der Waals surface area contributed by atoms with Crippen LogP contribution in [0.15, 0.2) is 154 Å². The highest BCUT2D eigenvalue weighted by Crippen LogP contribution is 2.45. The molecule has 0 amide bonds. The number of aryl methyl sites for hydroxylation is 2. The third kappa shape index (κ3) is 10.1. The number of rotatable bonds is 15. The van der Waals surface area contributed by atoms with Crippen LogP contribution >= 0.6 is 24.1 Å². The maximum atomic E-state index is 11.3. The van der Waals surface area contributed by atoms with Gasteiger partial charge in [-0.05, 0) is 127 Å². The van der Waals surface area contributed by atoms with Gasteiger partial charge in [0.2, 0.25) is 0 Å². The van der Waals surface area contributed by atoms with Crippen molar-refractivity contribution in [2.24, 2.45) is 40.9 Å². The lowest BCUT2D eigenvalue weighted by Gasteiger charge is -2.09. The van der Waals surface area contributed by atoms with Gasteiger partial charge in [-0.25, -0.2) is 10.5 Å². The van der Waals surface area contributed by atoms with Gasteiger partial charge in [0.1, 0.15) is 11.4 Å². The molecule has 0 aliphatic carbocycles. The fourth-order valence-corrected chi connectivity index (χ4v) is 6.02. The van der Waals surface area contributed by atoms with Crippen LogP contribution in [-0.2, 0) is 18.7 Å². The minimum atomic E-state index is -0.179. The number of benzene rings is 6. The summed E-state index contributed by atoms with van der Waals surface area (Å²) in [6, 6.07) is 29.5. The van der Waals surface area contributed by atoms with E-state index in [1.165, 1.54) is 7.11 Å². The van der Waals surface area contributed by atoms with Crippen molar-refractivity contribution in [3.05, 3.63) is 114 Å². The zero-order chi connectivity index (χ0) is 39.4. The Morgan fingerprint density at radius 3 is 1.73 bits per heavy atom. The molecular formula is C37H31N9O8S2. The number of azo groups is 4. The van der Waals surface area contributed by atoms with E-state index in [4.69, 9.17) is 21.0 Å². The number of nitrogen functional groups attached to an aromatic ring is 1. The van der Waals surface area contributed by atoms with Crippen molar-refractivity contribution < 1.29 is 39.1 Å². The Balaban J connectivity index is 1.15. The Kier molecular flexibility index (Phi) is 13.4. The number of anilines is 1. The summed E-state index contributed by atoms with van der Waals surface area (Å²) in [4.78, 5) is 1.02. The first-order valence-corrected chi connectivity index (χ1v) is 17.7. The lowest BCUT2D eigenvalue weighted by Crippen LogP contribution is -1.90. The van der Waals surface area contributed by atoms with Gasteiger partial charge in [0.15, 0.2) is 5.75 Å². The van der Waals surface area contributed by atoms with Crippen molar-refractivity contribution >= 4 is 86.0 Å². The van der Waals surface area contributed by atoms with Gasteiger partial charge >= 0.3 is 0 Å². The molecule has 17 nitrogen and oxygen atoms in total. The van der Waals surface area contributed by atoms with E-state index in [0.29, 0.717) is 79.0 Å². The molecule has 0 aliphatic heterocycles. The van der Waals surface area contributed by atoms with Crippen LogP contribution in [-0.4, -0.2) is 22.7 Å². The Hall–Kier alpha value is -6.16. The van der Waals surface area contributed by atoms with Crippen molar-refractivity contribution in [1.29, 1.82) is 0 Å². The van der Waals surface area contributed by atoms with Crippen LogP contribution in [0, 0.1) is 13.8 Å². The monoisotopic (exact) mass is 793 g/mol. The molecule has 0 heterocycles. The predicted molar refractivity (Wildman–Crippen MR) is 210 cm³/mol. The lowest BCUT2D eigenvalue weighted by molar-refractivity contribution is -0.432. The second-order valence-corrected chi connectivity index (χ2v) is 13.1. The third-order valence-electron chi connectivity index (χ3n) is 7.86. The van der Waals surface area contributed by atoms with Crippen LogP contribution in [0.1, 0.15) is 11.1 Å². The van der Waals surface area contributed by atoms with E-state index in [0.717, 1.165) is 28.1 Å². The molecule has 0 spiro atoms. The number of hydrogen-bond acceptors (Lipinski definition) is 19. The van der Waals surface area contributed by atoms with E-state index in [1.807, 2.05) is 19.9 Å². The maximum Gasteiger partial charge on any atom is 0.152 e. The predicted octanol–water partition coefficient (Wildman–Crippen LogP) is 13.3. The maximum absolute atomic E-state index is 11.3. The largest absolute Gasteiger partial charge is 0.505 e. The molecule has 0 radical (unpaired) electrons. The van der Waals surface area contributed by atoms with Crippen molar-refractivity contribution in [2.75, 3.05) is 12.8 Å². The van der Waals surface area contributed by atoms with E-state index < -0.39 is 0 Å². The highest BCUT2D eigenvalue weighted by atomic mass is 32.2. The fourth-order valence-electron chi connectivity index (χ4n) is 5.07. The van der Waals surface area contributed by atoms with Crippen LogP contribution in [0.3, 0.4) is 0 Å². The van der Waals surface area contributed by atoms with Crippen LogP contribution in [0.25, 0.3) is 10.8 Å². The summed E-state index contributed by atoms with van der Waals surface area (Å²) in [5.41, 5.74) is 12.1. The number of methoxy groups -OCH3 is 1. The fraction of sp³-hybridized carbons (Fsp3) is 0.0811. The standard InChI is InChI=1S/C37H31N9O8S2/c1-21-16-26(10-14-32(21)44-39-24-4-6-25(7-5-24)40-45-33-15-11-29(17-22(33)2)55-53-51-48)43-46-36-35(56-54-52-49)19-23-18-27(8-12-30(23)37(36)47)41-42-28-9-13-31(38)34(20-28)50-3/h4-20,47-49H,38H2,1-3H3. The van der Waals surface area contributed by atoms with Crippen LogP contribution < -0.4 is 10.5 Å². The average molecular weight is 794 g/mol. The molecule has 0 bridgehead atoms. The summed E-state index contributed by atoms with van der Waals surface area (Å²) in [5.74, 6) is 0.302. The lowest BCUT2D eigenvalue weighted by atomic mass is 10.1. The molecule has 6 rings (SSSR count). The molecule has 0 aliphatic rings. The van der Waals surface area contributed by atoms with Crippen molar-refractivity contribution in [3.63, 3.8) is 0 Å². The molecule has 0 saturated heterocycles. The smallest absolute Gasteiger partial charge is 0.152 e. The van der Waals surface area contributed by atoms with Gasteiger partial charge in [0.05, 0.1) is 81.6 Å². The van der Waals surface area contributed by atoms with E-state index in [-0.39, 0.29) is 11.4 Å². The van der Waals surface area contributed by atoms with E-state index in [9.17, 15) is 5.11 Å². The van der Waals surface area contributed by atoms with E-state index in [1.54, 1.807) is 97.1 Å². The molecule has 284 valence electrons. The Morgan fingerprint density at radius 2 is 1.09 bits per heavy atom. The second-order valence-electron chi connectivity index (χ2n) is 11.6. The molecule has 56 heavy (non-hydrogen) atoms. The number of nitrogens with zero attached hydrogens (tertiary/aromatic N) is 8. The van der Waals surface area contributed by atoms with Gasteiger partial charge < -0.3 is 15.6 Å². The molecule has 0 saturated carbocycles. The zero-order valence-corrected chi connectivity index (χ0v) is 31.3. The molecule has 5 N–H and O–H groups in total. The normalized spacial score (nSPS) is 11.9. The van der Waals surface area contributed by atoms with E-state index in [2.05, 4.69) is 59.7 Å². The van der Waals surface area contributed by atoms with Gasteiger partial charge in [-0.3, -0.25) is 0 Å². The minimum absolute atomic E-state index is 0.0827. The second kappa shape index (κ2) is 18.9. The highest BCUT2D eigenvalue weighted by Gasteiger charge is 2.16. The molecule has 19 heteroatoms. The molecule has 6 aromatic carbocycles. The molecule has 0 aromatic heterocycles. The molecular weight excluding hydrogens is 763 g/mol. The van der Waals surface area contributed by atoms with Crippen molar-refractivity contribution in [2.45, 2.75) is 23.6 Å². The first-order chi connectivity index (χ1) is 27.2. The van der Waals surface area contributed by atoms with Gasteiger partial charge in [-0.2, -0.15) is 35.8 Å². The number of hydrogen-bond donors (Lipinski definition) is 4. The van der Waals surface area contributed by atoms with Crippen LogP contribution in [0.2, 0.25) is 0 Å². The van der Waals surface area contributed by atoms with Gasteiger partial charge in [0, 0.05) is 16.3 Å². The van der Waals surface area contributed by atoms with Gasteiger partial charge in [0.25, 0.3) is 0 Å². The molecule has 0 fully saturated rings. The topological polar surface area (TPSA) is 232 Å². The molecule has 6 aromatic rings. The summed E-state index contributed by atoms with van der Waals surface area (Å²) >= 11 is 1.50. The average Bonchev–Trinajstić information content (AvgIpc) is 3.21. The summed E-state index contributed by atoms with van der Waals surface area (Å²) < 4.78 is 14.4. The quantitative estimate of drug-likeness (QED) is 0.0251. The number of aromatic hydroxyl groups is 1. The summed E-state index contributed by atoms with van der Waals surface area (Å²) in [5, 5.41) is 71.4. The van der Waals surface area contributed by atoms with Crippen LogP contribution in [0.5, 0.6) is 11.5 Å². The SMILES string of the molecule is COc1cc(N=Nc2ccc3c(O)c(N=Nc4ccc(N=Nc5ccc(N=Nc6ccc(SOOO)cc6C)cc5)c(C)c4)c(SOOO)cc3c2)ccc1N. The van der Waals surface area contributed by atoms with Crippen molar-refractivity contribution in [3.8, 4) is 11.5 Å². The first-order valence-electron chi connectivity index (χ1n) is 16.3. The number of ether oxygens (including phenoxy) is 1. The Morgan fingerprint density at radius 1 is 0.554 bits per heavy atom. The third-order valence-corrected chi connectivity index (χ3v) is 9.05. The first kappa shape index (κ1) is 39.5. The Labute approximate surface area is 327 Å². The summed E-state index contributed by atoms with van der Waals surface area (Å²) in [6.45, 7) is 3.74. The summed E-state index contributed by atoms with van der Waals surface area (Å²) in [7, 11) is 1.52. The number of phenolic OH excluding ortho intramolecular Hbond substituents is 1. The van der Waals surface area contributed by atoms with Gasteiger partial charge in [-0.1, -0.05) is 10.1 Å². The van der Waals surface area contributed by atoms with Crippen molar-refractivity contribution in [1.82, 2.24) is 0 Å². The van der Waals surface area contributed by atoms with E-state index >= 15 is 0 Å². The minimum Gasteiger partial charge on any atom is -0.505 e. The summed E-state index contributed by atoms with van der Waals surface area (Å²) in [6.07, 6.45) is 0. The molecule has 0 unspecified atom stereocenters. The number of nitrogens with two attached hydrogens (primary N) is 1. The molecule has 0 atom stereocenters. The van der Waals surface area contributed by atoms with Crippen LogP contribution in [0.4, 0.5) is 51.2 Å². The zero-order valence-electron chi connectivity index (χ0n) is 29.7.